The summed E-state index contributed by atoms with van der Waals surface area (Å²) in [6.45, 7) is 2.40. The second kappa shape index (κ2) is 8.91. The number of likely N-dealkylation sites (tertiary alicyclic amines) is 1. The summed E-state index contributed by atoms with van der Waals surface area (Å²) in [5.41, 5.74) is 1.86. The van der Waals surface area contributed by atoms with Crippen molar-refractivity contribution in [3.8, 4) is 0 Å². The molecule has 33 heavy (non-hydrogen) atoms. The first-order valence-corrected chi connectivity index (χ1v) is 11.0. The van der Waals surface area contributed by atoms with Gasteiger partial charge in [0.1, 0.15) is 0 Å². The molecule has 0 unspecified atom stereocenters. The molecule has 0 spiro atoms. The zero-order valence-corrected chi connectivity index (χ0v) is 18.4. The molecule has 0 atom stereocenters. The van der Waals surface area contributed by atoms with Crippen LogP contribution >= 0.6 is 0 Å². The lowest BCUT2D eigenvalue weighted by molar-refractivity contribution is 0.212. The highest BCUT2D eigenvalue weighted by Crippen LogP contribution is 2.22. The molecule has 10 nitrogen and oxygen atoms in total. The maximum Gasteiger partial charge on any atom is 0.350 e. The number of carbonyl (C=O) groups excluding carboxylic acids is 1. The van der Waals surface area contributed by atoms with Crippen LogP contribution in [0.3, 0.4) is 0 Å². The van der Waals surface area contributed by atoms with E-state index in [9.17, 15) is 9.59 Å². The van der Waals surface area contributed by atoms with Gasteiger partial charge >= 0.3 is 11.7 Å². The van der Waals surface area contributed by atoms with Crippen molar-refractivity contribution in [2.45, 2.75) is 25.4 Å². The molecule has 10 heteroatoms. The van der Waals surface area contributed by atoms with Gasteiger partial charge in [-0.3, -0.25) is 14.4 Å². The number of benzene rings is 1. The van der Waals surface area contributed by atoms with Crippen LogP contribution in [0.15, 0.2) is 65.7 Å². The van der Waals surface area contributed by atoms with Gasteiger partial charge < -0.3 is 10.2 Å². The van der Waals surface area contributed by atoms with Crippen LogP contribution in [0.1, 0.15) is 24.4 Å². The van der Waals surface area contributed by atoms with E-state index >= 15 is 0 Å². The van der Waals surface area contributed by atoms with E-state index in [1.807, 2.05) is 41.2 Å². The second-order valence-electron chi connectivity index (χ2n) is 8.36. The Morgan fingerprint density at radius 3 is 2.70 bits per heavy atom. The van der Waals surface area contributed by atoms with Gasteiger partial charge in [-0.1, -0.05) is 18.2 Å². The average molecular weight is 447 g/mol. The van der Waals surface area contributed by atoms with Gasteiger partial charge in [-0.2, -0.15) is 5.10 Å². The fraction of sp³-hybridized carbons (Fsp3) is 0.304. The van der Waals surface area contributed by atoms with Crippen LogP contribution in [0.25, 0.3) is 5.65 Å². The number of rotatable bonds is 5. The van der Waals surface area contributed by atoms with Gasteiger partial charge in [-0.25, -0.2) is 14.3 Å². The van der Waals surface area contributed by atoms with Crippen LogP contribution < -0.4 is 16.3 Å². The zero-order chi connectivity index (χ0) is 22.8. The lowest BCUT2D eigenvalue weighted by Crippen LogP contribution is -2.31. The Hall–Kier alpha value is -3.92. The summed E-state index contributed by atoms with van der Waals surface area (Å²) >= 11 is 0. The van der Waals surface area contributed by atoms with Crippen molar-refractivity contribution in [2.75, 3.05) is 30.8 Å². The molecular formula is C23H26N8O2. The standard InChI is InChI=1S/C23H26N8O2/c1-28-12-8-19(9-13-28)30-14-10-20(26-30)25-22(32)24-18-6-4-5-17(15-18)16-31-23(33)29-11-3-2-7-21(29)27-31/h2-7,10-11,14-15,19H,8-9,12-13,16H2,1H3,(H2,24,25,26,32). The third-order valence-electron chi connectivity index (χ3n) is 5.92. The fourth-order valence-corrected chi connectivity index (χ4v) is 4.14. The molecule has 1 fully saturated rings. The van der Waals surface area contributed by atoms with Crippen LogP contribution in [0.5, 0.6) is 0 Å². The third kappa shape index (κ3) is 4.65. The van der Waals surface area contributed by atoms with Gasteiger partial charge in [0.15, 0.2) is 11.5 Å². The minimum Gasteiger partial charge on any atom is -0.308 e. The Balaban J connectivity index is 1.22. The molecule has 5 rings (SSSR count). The number of piperidine rings is 1. The molecular weight excluding hydrogens is 420 g/mol. The van der Waals surface area contributed by atoms with E-state index in [1.165, 1.54) is 9.08 Å². The largest absolute Gasteiger partial charge is 0.350 e. The number of fused-ring (bicyclic) bond motifs is 1. The number of hydrogen-bond donors (Lipinski definition) is 2. The van der Waals surface area contributed by atoms with Gasteiger partial charge in [-0.15, -0.1) is 5.10 Å². The SMILES string of the molecule is CN1CCC(n2ccc(NC(=O)Nc3cccc(Cn4nc5ccccn5c4=O)c3)n2)CC1. The Bertz CT molecular complexity index is 1330. The quantitative estimate of drug-likeness (QED) is 0.491. The second-order valence-corrected chi connectivity index (χ2v) is 8.36. The first kappa shape index (κ1) is 21.0. The van der Waals surface area contributed by atoms with E-state index in [2.05, 4.69) is 32.8 Å². The molecule has 1 aliphatic rings. The van der Waals surface area contributed by atoms with E-state index in [4.69, 9.17) is 0 Å². The minimum atomic E-state index is -0.370. The number of aromatic nitrogens is 5. The predicted molar refractivity (Wildman–Crippen MR) is 126 cm³/mol. The monoisotopic (exact) mass is 446 g/mol. The Morgan fingerprint density at radius 1 is 1.03 bits per heavy atom. The van der Waals surface area contributed by atoms with Crippen molar-refractivity contribution in [2.24, 2.45) is 0 Å². The van der Waals surface area contributed by atoms with E-state index in [0.29, 0.717) is 29.7 Å². The number of anilines is 2. The molecule has 2 amide bonds. The van der Waals surface area contributed by atoms with E-state index in [-0.39, 0.29) is 11.7 Å². The molecule has 1 aliphatic heterocycles. The van der Waals surface area contributed by atoms with Crippen molar-refractivity contribution in [1.29, 1.82) is 0 Å². The van der Waals surface area contributed by atoms with Crippen molar-refractivity contribution < 1.29 is 4.79 Å². The molecule has 0 radical (unpaired) electrons. The molecule has 170 valence electrons. The van der Waals surface area contributed by atoms with Gasteiger partial charge in [0.25, 0.3) is 0 Å². The normalized spacial score (nSPS) is 15.1. The summed E-state index contributed by atoms with van der Waals surface area (Å²) < 4.78 is 4.85. The third-order valence-corrected chi connectivity index (χ3v) is 5.92. The topological polar surface area (TPSA) is 101 Å². The summed E-state index contributed by atoms with van der Waals surface area (Å²) in [7, 11) is 2.13. The smallest absolute Gasteiger partial charge is 0.308 e. The molecule has 0 saturated carbocycles. The number of urea groups is 1. The molecule has 0 bridgehead atoms. The van der Waals surface area contributed by atoms with Crippen molar-refractivity contribution in [1.82, 2.24) is 28.9 Å². The number of hydrogen-bond acceptors (Lipinski definition) is 5. The van der Waals surface area contributed by atoms with Crippen molar-refractivity contribution in [3.63, 3.8) is 0 Å². The van der Waals surface area contributed by atoms with Gasteiger partial charge in [0, 0.05) is 24.1 Å². The van der Waals surface area contributed by atoms with Crippen LogP contribution in [-0.4, -0.2) is 55.0 Å². The summed E-state index contributed by atoms with van der Waals surface area (Å²) in [5.74, 6) is 0.513. The molecule has 4 aromatic rings. The van der Waals surface area contributed by atoms with E-state index < -0.39 is 0 Å². The van der Waals surface area contributed by atoms with Gasteiger partial charge in [0.05, 0.1) is 12.6 Å². The molecule has 1 aromatic carbocycles. The highest BCUT2D eigenvalue weighted by Gasteiger charge is 2.19. The number of amides is 2. The predicted octanol–water partition coefficient (Wildman–Crippen LogP) is 2.65. The number of carbonyl (C=O) groups is 1. The molecule has 4 heterocycles. The van der Waals surface area contributed by atoms with Gasteiger partial charge in [-0.05, 0) is 62.8 Å². The first-order chi connectivity index (χ1) is 16.0. The molecule has 1 saturated heterocycles. The van der Waals surface area contributed by atoms with Crippen LogP contribution in [0.2, 0.25) is 0 Å². The first-order valence-electron chi connectivity index (χ1n) is 11.0. The lowest BCUT2D eigenvalue weighted by atomic mass is 10.1. The van der Waals surface area contributed by atoms with Crippen LogP contribution in [-0.2, 0) is 6.54 Å². The minimum absolute atomic E-state index is 0.207. The Kier molecular flexibility index (Phi) is 5.66. The van der Waals surface area contributed by atoms with E-state index in [1.54, 1.807) is 24.4 Å². The maximum absolute atomic E-state index is 12.5. The molecule has 0 aliphatic carbocycles. The number of pyridine rings is 1. The summed E-state index contributed by atoms with van der Waals surface area (Å²) in [6.07, 6.45) is 5.70. The van der Waals surface area contributed by atoms with Crippen LogP contribution in [0.4, 0.5) is 16.3 Å². The lowest BCUT2D eigenvalue weighted by Gasteiger charge is -2.28. The number of nitrogens with one attached hydrogen (secondary N) is 2. The zero-order valence-electron chi connectivity index (χ0n) is 18.4. The van der Waals surface area contributed by atoms with Crippen molar-refractivity contribution in [3.05, 3.63) is 77.0 Å². The maximum atomic E-state index is 12.5. The molecule has 2 N–H and O–H groups in total. The van der Waals surface area contributed by atoms with E-state index in [0.717, 1.165) is 31.5 Å². The Labute approximate surface area is 190 Å². The fourth-order valence-electron chi connectivity index (χ4n) is 4.14. The van der Waals surface area contributed by atoms with Gasteiger partial charge in [0.2, 0.25) is 0 Å². The highest BCUT2D eigenvalue weighted by atomic mass is 16.2. The Morgan fingerprint density at radius 2 is 1.88 bits per heavy atom. The summed E-state index contributed by atoms with van der Waals surface area (Å²) in [5, 5.41) is 14.5. The highest BCUT2D eigenvalue weighted by molar-refractivity contribution is 5.99. The van der Waals surface area contributed by atoms with Crippen LogP contribution in [0, 0.1) is 0 Å². The summed E-state index contributed by atoms with van der Waals surface area (Å²) in [4.78, 5) is 27.3. The van der Waals surface area contributed by atoms with Crippen molar-refractivity contribution >= 4 is 23.2 Å². The average Bonchev–Trinajstić information content (AvgIpc) is 3.39. The molecule has 3 aromatic heterocycles. The number of nitrogens with zero attached hydrogens (tertiary/aromatic N) is 6. The summed E-state index contributed by atoms with van der Waals surface area (Å²) in [6, 6.07) is 14.6.